The Labute approximate surface area is 66.1 Å². The highest BCUT2D eigenvalue weighted by molar-refractivity contribution is 4.76. The van der Waals surface area contributed by atoms with Crippen LogP contribution >= 0.6 is 0 Å². The predicted octanol–water partition coefficient (Wildman–Crippen LogP) is -1.28. The van der Waals surface area contributed by atoms with Gasteiger partial charge in [-0.05, 0) is 5.92 Å². The highest BCUT2D eigenvalue weighted by atomic mass is 16.4. The second-order valence-electron chi connectivity index (χ2n) is 2.98. The summed E-state index contributed by atoms with van der Waals surface area (Å²) in [7, 11) is 0. The summed E-state index contributed by atoms with van der Waals surface area (Å²) in [6, 6.07) is 0. The molecule has 0 spiro atoms. The van der Waals surface area contributed by atoms with E-state index in [9.17, 15) is 5.11 Å². The van der Waals surface area contributed by atoms with E-state index in [0.29, 0.717) is 0 Å². The molecule has 0 aliphatic heterocycles. The van der Waals surface area contributed by atoms with Gasteiger partial charge in [-0.15, -0.1) is 0 Å². The maximum atomic E-state index is 9.18. The smallest absolute Gasteiger partial charge is 0.108 e. The molecule has 0 rings (SSSR count). The van der Waals surface area contributed by atoms with Gasteiger partial charge in [-0.25, -0.2) is 0 Å². The van der Waals surface area contributed by atoms with Crippen LogP contribution in [0.25, 0.3) is 0 Å². The maximum absolute atomic E-state index is 9.18. The van der Waals surface area contributed by atoms with E-state index < -0.39 is 24.9 Å². The second kappa shape index (κ2) is 4.66. The van der Waals surface area contributed by atoms with Crippen LogP contribution in [0.1, 0.15) is 13.8 Å². The quantitative estimate of drug-likeness (QED) is 0.417. The summed E-state index contributed by atoms with van der Waals surface area (Å²) in [6.07, 6.45) is -3.51. The van der Waals surface area contributed by atoms with Crippen LogP contribution in [0.4, 0.5) is 0 Å². The van der Waals surface area contributed by atoms with Gasteiger partial charge in [0.1, 0.15) is 12.2 Å². The fraction of sp³-hybridized carbons (Fsp3) is 1.00. The summed E-state index contributed by atoms with van der Waals surface area (Å²) in [4.78, 5) is 0. The molecule has 4 N–H and O–H groups in total. The van der Waals surface area contributed by atoms with Crippen LogP contribution in [0.5, 0.6) is 0 Å². The zero-order chi connectivity index (χ0) is 9.02. The summed E-state index contributed by atoms with van der Waals surface area (Å²) in [5.74, 6) is -0.133. The van der Waals surface area contributed by atoms with Gasteiger partial charge in [-0.3, -0.25) is 0 Å². The number of rotatable bonds is 4. The van der Waals surface area contributed by atoms with Crippen molar-refractivity contribution in [3.05, 3.63) is 0 Å². The summed E-state index contributed by atoms with van der Waals surface area (Å²) >= 11 is 0. The van der Waals surface area contributed by atoms with Crippen molar-refractivity contribution in [3.63, 3.8) is 0 Å². The monoisotopic (exact) mass is 164 g/mol. The van der Waals surface area contributed by atoms with Crippen LogP contribution in [0.15, 0.2) is 0 Å². The summed E-state index contributed by atoms with van der Waals surface area (Å²) in [5, 5.41) is 35.6. The number of hydrogen-bond acceptors (Lipinski definition) is 4. The molecular formula is C7H16O4. The Balaban J connectivity index is 3.90. The number of aliphatic hydroxyl groups excluding tert-OH is 4. The Morgan fingerprint density at radius 1 is 1.00 bits per heavy atom. The van der Waals surface area contributed by atoms with Crippen molar-refractivity contribution >= 4 is 0 Å². The Morgan fingerprint density at radius 3 is 1.73 bits per heavy atom. The van der Waals surface area contributed by atoms with Crippen LogP contribution in [0.3, 0.4) is 0 Å². The van der Waals surface area contributed by atoms with E-state index in [1.165, 1.54) is 0 Å². The topological polar surface area (TPSA) is 80.9 Å². The van der Waals surface area contributed by atoms with E-state index in [-0.39, 0.29) is 5.92 Å². The lowest BCUT2D eigenvalue weighted by atomic mass is 9.98. The predicted molar refractivity (Wildman–Crippen MR) is 39.9 cm³/mol. The molecule has 0 bridgehead atoms. The average molecular weight is 164 g/mol. The normalized spacial score (nSPS) is 19.9. The summed E-state index contributed by atoms with van der Waals surface area (Å²) in [6.45, 7) is 2.90. The van der Waals surface area contributed by atoms with Crippen molar-refractivity contribution < 1.29 is 20.4 Å². The van der Waals surface area contributed by atoms with Crippen molar-refractivity contribution in [3.8, 4) is 0 Å². The first-order valence-electron chi connectivity index (χ1n) is 3.65. The molecule has 0 aliphatic carbocycles. The van der Waals surface area contributed by atoms with Crippen LogP contribution < -0.4 is 0 Å². The lowest BCUT2D eigenvalue weighted by molar-refractivity contribution is -0.0899. The van der Waals surface area contributed by atoms with Gasteiger partial charge in [0.15, 0.2) is 0 Å². The molecule has 0 saturated carbocycles. The Bertz CT molecular complexity index is 105. The molecule has 4 heteroatoms. The first-order valence-corrected chi connectivity index (χ1v) is 3.65. The first-order chi connectivity index (χ1) is 5.00. The molecule has 0 aromatic heterocycles. The SMILES string of the molecule is CC(C)[C@H](O)[C@H](O)[C@H](O)CO. The van der Waals surface area contributed by atoms with Crippen molar-refractivity contribution in [1.29, 1.82) is 0 Å². The van der Waals surface area contributed by atoms with Crippen molar-refractivity contribution in [2.24, 2.45) is 5.92 Å². The van der Waals surface area contributed by atoms with Crippen molar-refractivity contribution in [2.45, 2.75) is 32.2 Å². The molecule has 0 aromatic carbocycles. The van der Waals surface area contributed by atoms with Gasteiger partial charge in [0.2, 0.25) is 0 Å². The minimum Gasteiger partial charge on any atom is -0.394 e. The maximum Gasteiger partial charge on any atom is 0.108 e. The van der Waals surface area contributed by atoms with E-state index in [4.69, 9.17) is 15.3 Å². The molecule has 0 unspecified atom stereocenters. The lowest BCUT2D eigenvalue weighted by Crippen LogP contribution is -2.42. The highest BCUT2D eigenvalue weighted by Gasteiger charge is 2.25. The van der Waals surface area contributed by atoms with Crippen LogP contribution in [0.2, 0.25) is 0 Å². The van der Waals surface area contributed by atoms with E-state index in [1.54, 1.807) is 13.8 Å². The largest absolute Gasteiger partial charge is 0.394 e. The zero-order valence-corrected chi connectivity index (χ0v) is 6.81. The summed E-state index contributed by atoms with van der Waals surface area (Å²) in [5.41, 5.74) is 0. The summed E-state index contributed by atoms with van der Waals surface area (Å²) < 4.78 is 0. The number of hydrogen-bond donors (Lipinski definition) is 4. The molecule has 0 radical (unpaired) electrons. The standard InChI is InChI=1S/C7H16O4/c1-4(2)6(10)7(11)5(9)3-8/h4-11H,3H2,1-2H3/t5-,6+,7-/m1/s1. The Kier molecular flexibility index (Phi) is 4.60. The van der Waals surface area contributed by atoms with E-state index in [0.717, 1.165) is 0 Å². The molecule has 0 amide bonds. The molecule has 3 atom stereocenters. The second-order valence-corrected chi connectivity index (χ2v) is 2.98. The molecule has 4 nitrogen and oxygen atoms in total. The van der Waals surface area contributed by atoms with E-state index in [2.05, 4.69) is 0 Å². The zero-order valence-electron chi connectivity index (χ0n) is 6.81. The van der Waals surface area contributed by atoms with E-state index in [1.807, 2.05) is 0 Å². The molecular weight excluding hydrogens is 148 g/mol. The van der Waals surface area contributed by atoms with Crippen molar-refractivity contribution in [2.75, 3.05) is 6.61 Å². The van der Waals surface area contributed by atoms with Gasteiger partial charge in [0.05, 0.1) is 12.7 Å². The van der Waals surface area contributed by atoms with E-state index >= 15 is 0 Å². The van der Waals surface area contributed by atoms with Gasteiger partial charge >= 0.3 is 0 Å². The molecule has 0 fully saturated rings. The Morgan fingerprint density at radius 2 is 1.45 bits per heavy atom. The van der Waals surface area contributed by atoms with Gasteiger partial charge in [0.25, 0.3) is 0 Å². The molecule has 68 valence electrons. The van der Waals surface area contributed by atoms with Gasteiger partial charge in [-0.2, -0.15) is 0 Å². The van der Waals surface area contributed by atoms with Crippen LogP contribution in [0, 0.1) is 5.92 Å². The first kappa shape index (κ1) is 10.8. The van der Waals surface area contributed by atoms with Gasteiger partial charge in [-0.1, -0.05) is 13.8 Å². The fourth-order valence-electron chi connectivity index (χ4n) is 0.730. The average Bonchev–Trinajstić information content (AvgIpc) is 2.00. The third-order valence-electron chi connectivity index (χ3n) is 1.61. The number of aliphatic hydroxyl groups is 4. The third-order valence-corrected chi connectivity index (χ3v) is 1.61. The minimum absolute atomic E-state index is 0.133. The molecule has 0 aromatic rings. The van der Waals surface area contributed by atoms with Gasteiger partial charge in [0, 0.05) is 0 Å². The fourth-order valence-corrected chi connectivity index (χ4v) is 0.730. The van der Waals surface area contributed by atoms with Crippen LogP contribution in [-0.2, 0) is 0 Å². The minimum atomic E-state index is -1.26. The molecule has 0 saturated heterocycles. The van der Waals surface area contributed by atoms with Crippen molar-refractivity contribution in [1.82, 2.24) is 0 Å². The highest BCUT2D eigenvalue weighted by Crippen LogP contribution is 2.08. The van der Waals surface area contributed by atoms with Gasteiger partial charge < -0.3 is 20.4 Å². The lowest BCUT2D eigenvalue weighted by Gasteiger charge is -2.23. The molecule has 0 aliphatic rings. The molecule has 0 heterocycles. The Hall–Kier alpha value is -0.160. The molecule has 11 heavy (non-hydrogen) atoms. The van der Waals surface area contributed by atoms with Crippen LogP contribution in [-0.4, -0.2) is 45.3 Å². The third kappa shape index (κ3) is 3.16.